The van der Waals surface area contributed by atoms with E-state index in [4.69, 9.17) is 0 Å². The summed E-state index contributed by atoms with van der Waals surface area (Å²) in [5.41, 5.74) is 2.19. The standard InChI is InChI=1S/C21H26FN5O2S/c1-5-13(3)23-17(28)12-30-21-24-18-14(4)25-27(6-2)19(18)20(29)26(21)11-15-7-9-16(22)10-8-15/h7-10,13H,5-6,11-12H2,1-4H3,(H,23,28). The smallest absolute Gasteiger partial charge is 0.280 e. The van der Waals surface area contributed by atoms with E-state index in [1.165, 1.54) is 28.5 Å². The highest BCUT2D eigenvalue weighted by Crippen LogP contribution is 2.21. The van der Waals surface area contributed by atoms with Crippen LogP contribution in [0.3, 0.4) is 0 Å². The fraction of sp³-hybridized carbons (Fsp3) is 0.429. The van der Waals surface area contributed by atoms with Gasteiger partial charge in [-0.15, -0.1) is 0 Å². The van der Waals surface area contributed by atoms with Crippen LogP contribution in [0, 0.1) is 12.7 Å². The quantitative estimate of drug-likeness (QED) is 0.438. The molecule has 0 bridgehead atoms. The molecule has 0 aliphatic heterocycles. The number of aromatic nitrogens is 4. The lowest BCUT2D eigenvalue weighted by Crippen LogP contribution is -2.33. The van der Waals surface area contributed by atoms with Crippen LogP contribution < -0.4 is 10.9 Å². The van der Waals surface area contributed by atoms with Crippen molar-refractivity contribution in [3.63, 3.8) is 0 Å². The number of aryl methyl sites for hydroxylation is 2. The Morgan fingerprint density at radius 3 is 2.60 bits per heavy atom. The highest BCUT2D eigenvalue weighted by Gasteiger charge is 2.19. The minimum Gasteiger partial charge on any atom is -0.353 e. The minimum atomic E-state index is -0.337. The summed E-state index contributed by atoms with van der Waals surface area (Å²) in [5, 5.41) is 7.78. The third kappa shape index (κ3) is 4.72. The van der Waals surface area contributed by atoms with E-state index in [9.17, 15) is 14.0 Å². The van der Waals surface area contributed by atoms with Gasteiger partial charge in [0.2, 0.25) is 5.91 Å². The molecule has 9 heteroatoms. The molecule has 1 aromatic carbocycles. The summed E-state index contributed by atoms with van der Waals surface area (Å²) in [4.78, 5) is 30.3. The number of amides is 1. The van der Waals surface area contributed by atoms with Crippen LogP contribution >= 0.6 is 11.8 Å². The first-order chi connectivity index (χ1) is 14.3. The monoisotopic (exact) mass is 431 g/mol. The third-order valence-corrected chi connectivity index (χ3v) is 5.86. The van der Waals surface area contributed by atoms with Gasteiger partial charge in [-0.25, -0.2) is 9.37 Å². The molecule has 3 rings (SSSR count). The zero-order valence-electron chi connectivity index (χ0n) is 17.6. The Balaban J connectivity index is 2.02. The molecular formula is C21H26FN5O2S. The number of carbonyl (C=O) groups excluding carboxylic acids is 1. The zero-order chi connectivity index (χ0) is 21.8. The fourth-order valence-corrected chi connectivity index (χ4v) is 3.89. The second-order valence-electron chi connectivity index (χ2n) is 7.18. The molecule has 2 heterocycles. The Bertz CT molecular complexity index is 1110. The van der Waals surface area contributed by atoms with Crippen LogP contribution in [-0.2, 0) is 17.9 Å². The van der Waals surface area contributed by atoms with Crippen LogP contribution in [0.4, 0.5) is 4.39 Å². The van der Waals surface area contributed by atoms with Crippen molar-refractivity contribution in [1.82, 2.24) is 24.6 Å². The molecule has 1 amide bonds. The molecule has 160 valence electrons. The zero-order valence-corrected chi connectivity index (χ0v) is 18.4. The van der Waals surface area contributed by atoms with Gasteiger partial charge in [-0.3, -0.25) is 18.8 Å². The number of fused-ring (bicyclic) bond motifs is 1. The average molecular weight is 432 g/mol. The molecule has 2 aromatic heterocycles. The molecule has 0 saturated heterocycles. The maximum absolute atomic E-state index is 13.4. The predicted octanol–water partition coefficient (Wildman–Crippen LogP) is 3.12. The summed E-state index contributed by atoms with van der Waals surface area (Å²) in [6.07, 6.45) is 0.839. The van der Waals surface area contributed by atoms with Crippen molar-refractivity contribution in [1.29, 1.82) is 0 Å². The lowest BCUT2D eigenvalue weighted by atomic mass is 10.2. The Hall–Kier alpha value is -2.68. The van der Waals surface area contributed by atoms with Gasteiger partial charge in [0.1, 0.15) is 11.3 Å². The van der Waals surface area contributed by atoms with Crippen LogP contribution in [0.15, 0.2) is 34.2 Å². The Labute approximate surface area is 178 Å². The van der Waals surface area contributed by atoms with Gasteiger partial charge in [0.05, 0.1) is 18.0 Å². The van der Waals surface area contributed by atoms with Gasteiger partial charge in [-0.1, -0.05) is 30.8 Å². The van der Waals surface area contributed by atoms with Gasteiger partial charge < -0.3 is 5.32 Å². The summed E-state index contributed by atoms with van der Waals surface area (Å²) < 4.78 is 16.5. The highest BCUT2D eigenvalue weighted by molar-refractivity contribution is 7.99. The van der Waals surface area contributed by atoms with Crippen molar-refractivity contribution in [3.05, 3.63) is 51.7 Å². The minimum absolute atomic E-state index is 0.0833. The van der Waals surface area contributed by atoms with Crippen LogP contribution in [0.5, 0.6) is 0 Å². The molecule has 0 fully saturated rings. The lowest BCUT2D eigenvalue weighted by molar-refractivity contribution is -0.119. The van der Waals surface area contributed by atoms with Crippen molar-refractivity contribution < 1.29 is 9.18 Å². The Kier molecular flexibility index (Phi) is 6.91. The van der Waals surface area contributed by atoms with Crippen molar-refractivity contribution in [2.24, 2.45) is 0 Å². The maximum atomic E-state index is 13.4. The van der Waals surface area contributed by atoms with Gasteiger partial charge in [0, 0.05) is 12.6 Å². The van der Waals surface area contributed by atoms with E-state index in [2.05, 4.69) is 15.4 Å². The van der Waals surface area contributed by atoms with Gasteiger partial charge in [-0.05, 0) is 44.9 Å². The molecule has 30 heavy (non-hydrogen) atoms. The van der Waals surface area contributed by atoms with Crippen LogP contribution in [0.25, 0.3) is 11.0 Å². The first kappa shape index (κ1) is 22.0. The number of rotatable bonds is 8. The van der Waals surface area contributed by atoms with Crippen LogP contribution in [0.1, 0.15) is 38.4 Å². The summed E-state index contributed by atoms with van der Waals surface area (Å²) in [6, 6.07) is 6.08. The molecule has 0 saturated carbocycles. The van der Waals surface area contributed by atoms with Crippen molar-refractivity contribution in [2.75, 3.05) is 5.75 Å². The fourth-order valence-electron chi connectivity index (χ4n) is 3.09. The number of hydrogen-bond donors (Lipinski definition) is 1. The van der Waals surface area contributed by atoms with E-state index in [-0.39, 0.29) is 35.6 Å². The van der Waals surface area contributed by atoms with Crippen molar-refractivity contribution >= 4 is 28.7 Å². The number of benzene rings is 1. The molecular weight excluding hydrogens is 405 g/mol. The third-order valence-electron chi connectivity index (χ3n) is 4.89. The molecule has 1 N–H and O–H groups in total. The number of hydrogen-bond acceptors (Lipinski definition) is 5. The van der Waals surface area contributed by atoms with E-state index in [0.717, 1.165) is 12.0 Å². The largest absolute Gasteiger partial charge is 0.353 e. The van der Waals surface area contributed by atoms with E-state index in [1.54, 1.807) is 16.8 Å². The second-order valence-corrected chi connectivity index (χ2v) is 8.12. The van der Waals surface area contributed by atoms with Crippen molar-refractivity contribution in [3.8, 4) is 0 Å². The van der Waals surface area contributed by atoms with E-state index < -0.39 is 0 Å². The predicted molar refractivity (Wildman–Crippen MR) is 116 cm³/mol. The first-order valence-electron chi connectivity index (χ1n) is 9.98. The van der Waals surface area contributed by atoms with E-state index >= 15 is 0 Å². The van der Waals surface area contributed by atoms with Gasteiger partial charge in [0.25, 0.3) is 5.56 Å². The first-order valence-corrected chi connectivity index (χ1v) is 11.0. The van der Waals surface area contributed by atoms with Crippen LogP contribution in [0.2, 0.25) is 0 Å². The summed E-state index contributed by atoms with van der Waals surface area (Å²) in [7, 11) is 0. The summed E-state index contributed by atoms with van der Waals surface area (Å²) >= 11 is 1.21. The second kappa shape index (κ2) is 9.42. The van der Waals surface area contributed by atoms with Gasteiger partial charge in [0.15, 0.2) is 10.7 Å². The van der Waals surface area contributed by atoms with E-state index in [1.807, 2.05) is 27.7 Å². The topological polar surface area (TPSA) is 81.8 Å². The maximum Gasteiger partial charge on any atom is 0.280 e. The molecule has 1 unspecified atom stereocenters. The van der Waals surface area contributed by atoms with E-state index in [0.29, 0.717) is 28.4 Å². The normalized spacial score (nSPS) is 12.3. The van der Waals surface area contributed by atoms with Gasteiger partial charge >= 0.3 is 0 Å². The van der Waals surface area contributed by atoms with Crippen LogP contribution in [-0.4, -0.2) is 37.0 Å². The number of halogens is 1. The highest BCUT2D eigenvalue weighted by atomic mass is 32.2. The number of nitrogens with zero attached hydrogens (tertiary/aromatic N) is 4. The molecule has 0 aliphatic rings. The molecule has 1 atom stereocenters. The molecule has 0 spiro atoms. The Morgan fingerprint density at radius 2 is 1.97 bits per heavy atom. The molecule has 7 nitrogen and oxygen atoms in total. The SMILES string of the molecule is CCC(C)NC(=O)CSc1nc2c(C)nn(CC)c2c(=O)n1Cc1ccc(F)cc1. The summed E-state index contributed by atoms with van der Waals surface area (Å²) in [5.74, 6) is -0.305. The number of nitrogens with one attached hydrogen (secondary N) is 1. The molecule has 3 aromatic rings. The summed E-state index contributed by atoms with van der Waals surface area (Å²) in [6.45, 7) is 8.45. The average Bonchev–Trinajstić information content (AvgIpc) is 3.05. The number of carbonyl (C=O) groups is 1. The molecule has 0 radical (unpaired) electrons. The van der Waals surface area contributed by atoms with Crippen molar-refractivity contribution in [2.45, 2.75) is 58.4 Å². The number of thioether (sulfide) groups is 1. The van der Waals surface area contributed by atoms with Gasteiger partial charge in [-0.2, -0.15) is 5.10 Å². The lowest BCUT2D eigenvalue weighted by Gasteiger charge is -2.14. The molecule has 0 aliphatic carbocycles. The Morgan fingerprint density at radius 1 is 1.27 bits per heavy atom.